The number of hydrogen-bond donors (Lipinski definition) is 1. The van der Waals surface area contributed by atoms with Gasteiger partial charge in [0, 0.05) is 31.4 Å². The Labute approximate surface area is 188 Å². The SMILES string of the molecule is CC1=C(N2CCC3(CCN(C[C@H](O)c4ccc(-n5cnnn5)nc4)CC3F)C2=O)COC1=O. The maximum absolute atomic E-state index is 15.4. The van der Waals surface area contributed by atoms with Crippen LogP contribution in [0.15, 0.2) is 35.9 Å². The normalized spacial score (nSPS) is 27.0. The van der Waals surface area contributed by atoms with Gasteiger partial charge in [-0.05, 0) is 42.8 Å². The number of nitrogens with zero attached hydrogens (tertiary/aromatic N) is 7. The van der Waals surface area contributed by atoms with Crippen LogP contribution in [0.25, 0.3) is 5.82 Å². The topological polar surface area (TPSA) is 127 Å². The third-order valence-electron chi connectivity index (χ3n) is 6.92. The minimum Gasteiger partial charge on any atom is -0.456 e. The lowest BCUT2D eigenvalue weighted by molar-refractivity contribution is -0.142. The second kappa shape index (κ2) is 8.27. The van der Waals surface area contributed by atoms with Crippen LogP contribution in [0.4, 0.5) is 4.39 Å². The lowest BCUT2D eigenvalue weighted by atomic mass is 9.75. The molecule has 33 heavy (non-hydrogen) atoms. The number of β-amino-alcohol motifs (C(OH)–C–C–N with tert-alkyl or cyclic N) is 1. The van der Waals surface area contributed by atoms with E-state index in [1.165, 1.54) is 15.9 Å². The lowest BCUT2D eigenvalue weighted by Crippen LogP contribution is -2.53. The fourth-order valence-electron chi connectivity index (χ4n) is 4.84. The first-order valence-corrected chi connectivity index (χ1v) is 10.8. The molecule has 3 aliphatic heterocycles. The Morgan fingerprint density at radius 2 is 2.12 bits per heavy atom. The summed E-state index contributed by atoms with van der Waals surface area (Å²) in [6.07, 6.45) is 1.50. The van der Waals surface area contributed by atoms with E-state index in [-0.39, 0.29) is 25.6 Å². The third-order valence-corrected chi connectivity index (χ3v) is 6.92. The maximum atomic E-state index is 15.4. The van der Waals surface area contributed by atoms with E-state index < -0.39 is 23.7 Å². The summed E-state index contributed by atoms with van der Waals surface area (Å²) in [5.41, 5.74) is 0.467. The number of aliphatic hydroxyl groups excluding tert-OH is 1. The minimum atomic E-state index is -1.37. The van der Waals surface area contributed by atoms with Crippen LogP contribution >= 0.6 is 0 Å². The Kier molecular flexibility index (Phi) is 5.41. The molecule has 2 saturated heterocycles. The zero-order chi connectivity index (χ0) is 23.2. The molecule has 2 unspecified atom stereocenters. The Bertz CT molecular complexity index is 1090. The Morgan fingerprint density at radius 1 is 1.30 bits per heavy atom. The number of likely N-dealkylation sites (tertiary alicyclic amines) is 2. The summed E-state index contributed by atoms with van der Waals surface area (Å²) in [6, 6.07) is 3.42. The molecule has 0 radical (unpaired) electrons. The molecule has 2 aromatic heterocycles. The Hall–Kier alpha value is -3.25. The first-order chi connectivity index (χ1) is 15.9. The third kappa shape index (κ3) is 3.68. The van der Waals surface area contributed by atoms with Crippen LogP contribution in [0.5, 0.6) is 0 Å². The smallest absolute Gasteiger partial charge is 0.336 e. The Balaban J connectivity index is 1.22. The van der Waals surface area contributed by atoms with Crippen LogP contribution < -0.4 is 0 Å². The summed E-state index contributed by atoms with van der Waals surface area (Å²) in [6.45, 7) is 2.84. The fourth-order valence-corrected chi connectivity index (χ4v) is 4.84. The molecular weight excluding hydrogens is 433 g/mol. The van der Waals surface area contributed by atoms with Gasteiger partial charge in [0.25, 0.3) is 0 Å². The monoisotopic (exact) mass is 457 g/mol. The van der Waals surface area contributed by atoms with Crippen molar-refractivity contribution in [3.63, 3.8) is 0 Å². The van der Waals surface area contributed by atoms with E-state index in [1.54, 1.807) is 25.3 Å². The molecule has 5 heterocycles. The number of tetrazole rings is 1. The predicted molar refractivity (Wildman–Crippen MR) is 110 cm³/mol. The standard InChI is InChI=1S/C21H24FN7O4/c1-13-15(11-33-19(13)31)28-7-5-21(20(28)32)4-6-27(10-17(21)22)9-16(30)14-2-3-18(23-8-14)29-12-24-25-26-29/h2-3,8,12,16-17,30H,4-7,9-11H2,1H3/t16-,17?,21?/m0/s1. The van der Waals surface area contributed by atoms with Crippen LogP contribution in [0.1, 0.15) is 31.4 Å². The van der Waals surface area contributed by atoms with Crippen LogP contribution in [0.2, 0.25) is 0 Å². The number of aromatic nitrogens is 5. The van der Waals surface area contributed by atoms with Gasteiger partial charge in [0.15, 0.2) is 5.82 Å². The highest BCUT2D eigenvalue weighted by Crippen LogP contribution is 2.45. The summed E-state index contributed by atoms with van der Waals surface area (Å²) < 4.78 is 21.8. The number of rotatable bonds is 5. The van der Waals surface area contributed by atoms with E-state index in [0.29, 0.717) is 48.6 Å². The number of carbonyl (C=O) groups excluding carboxylic acids is 2. The lowest BCUT2D eigenvalue weighted by Gasteiger charge is -2.41. The number of amides is 1. The van der Waals surface area contributed by atoms with Gasteiger partial charge >= 0.3 is 5.97 Å². The number of ether oxygens (including phenoxy) is 1. The zero-order valence-electron chi connectivity index (χ0n) is 18.1. The van der Waals surface area contributed by atoms with E-state index >= 15 is 4.39 Å². The van der Waals surface area contributed by atoms with Crippen molar-refractivity contribution < 1.29 is 23.8 Å². The van der Waals surface area contributed by atoms with E-state index in [0.717, 1.165) is 0 Å². The molecule has 0 bridgehead atoms. The summed E-state index contributed by atoms with van der Waals surface area (Å²) >= 11 is 0. The molecule has 2 fully saturated rings. The molecule has 174 valence electrons. The number of cyclic esters (lactones) is 1. The van der Waals surface area contributed by atoms with Gasteiger partial charge in [-0.2, -0.15) is 4.68 Å². The van der Waals surface area contributed by atoms with Crippen LogP contribution in [0, 0.1) is 5.41 Å². The molecule has 1 amide bonds. The van der Waals surface area contributed by atoms with Crippen molar-refractivity contribution in [1.82, 2.24) is 35.0 Å². The first kappa shape index (κ1) is 21.6. The van der Waals surface area contributed by atoms with Crippen molar-refractivity contribution in [3.8, 4) is 5.82 Å². The number of carbonyl (C=O) groups is 2. The first-order valence-electron chi connectivity index (χ1n) is 10.8. The zero-order valence-corrected chi connectivity index (χ0v) is 18.1. The highest BCUT2D eigenvalue weighted by Gasteiger charge is 2.56. The Morgan fingerprint density at radius 3 is 2.76 bits per heavy atom. The van der Waals surface area contributed by atoms with E-state index in [4.69, 9.17) is 4.74 Å². The number of alkyl halides is 1. The van der Waals surface area contributed by atoms with E-state index in [2.05, 4.69) is 20.5 Å². The highest BCUT2D eigenvalue weighted by atomic mass is 19.1. The number of piperidine rings is 1. The van der Waals surface area contributed by atoms with Crippen molar-refractivity contribution in [2.45, 2.75) is 32.0 Å². The number of esters is 1. The highest BCUT2D eigenvalue weighted by molar-refractivity contribution is 5.94. The van der Waals surface area contributed by atoms with E-state index in [1.807, 2.05) is 4.90 Å². The molecule has 12 heteroatoms. The van der Waals surface area contributed by atoms with Crippen molar-refractivity contribution in [2.24, 2.45) is 5.41 Å². The predicted octanol–water partition coefficient (Wildman–Crippen LogP) is 0.184. The molecule has 0 saturated carbocycles. The second-order valence-electron chi connectivity index (χ2n) is 8.71. The quantitative estimate of drug-likeness (QED) is 0.626. The molecule has 3 aliphatic rings. The van der Waals surface area contributed by atoms with Gasteiger partial charge in [0.1, 0.15) is 19.1 Å². The molecule has 2 aromatic rings. The maximum Gasteiger partial charge on any atom is 0.336 e. The number of hydrogen-bond acceptors (Lipinski definition) is 9. The van der Waals surface area contributed by atoms with Crippen LogP contribution in [0.3, 0.4) is 0 Å². The molecule has 1 spiro atoms. The largest absolute Gasteiger partial charge is 0.456 e. The average Bonchev–Trinajstić information content (AvgIpc) is 3.54. The van der Waals surface area contributed by atoms with Gasteiger partial charge in [0.2, 0.25) is 5.91 Å². The van der Waals surface area contributed by atoms with Crippen molar-refractivity contribution in [1.29, 1.82) is 0 Å². The second-order valence-corrected chi connectivity index (χ2v) is 8.71. The molecule has 0 aromatic carbocycles. The van der Waals surface area contributed by atoms with Crippen LogP contribution in [-0.4, -0.2) is 90.9 Å². The summed E-state index contributed by atoms with van der Waals surface area (Å²) in [7, 11) is 0. The van der Waals surface area contributed by atoms with Crippen molar-refractivity contribution in [2.75, 3.05) is 32.8 Å². The van der Waals surface area contributed by atoms with Gasteiger partial charge in [-0.15, -0.1) is 5.10 Å². The summed E-state index contributed by atoms with van der Waals surface area (Å²) in [4.78, 5) is 32.5. The average molecular weight is 457 g/mol. The fraction of sp³-hybridized carbons (Fsp3) is 0.524. The number of pyridine rings is 1. The van der Waals surface area contributed by atoms with E-state index in [9.17, 15) is 14.7 Å². The van der Waals surface area contributed by atoms with Crippen LogP contribution in [-0.2, 0) is 14.3 Å². The van der Waals surface area contributed by atoms with Gasteiger partial charge in [-0.25, -0.2) is 14.2 Å². The molecule has 3 atom stereocenters. The molecule has 0 aliphatic carbocycles. The summed E-state index contributed by atoms with van der Waals surface area (Å²) in [5, 5.41) is 21.5. The molecule has 5 rings (SSSR count). The van der Waals surface area contributed by atoms with Gasteiger partial charge < -0.3 is 14.7 Å². The summed E-state index contributed by atoms with van der Waals surface area (Å²) in [5.74, 6) is -0.186. The molecular formula is C21H24FN7O4. The van der Waals surface area contributed by atoms with Crippen molar-refractivity contribution in [3.05, 3.63) is 41.5 Å². The molecule has 1 N–H and O–H groups in total. The van der Waals surface area contributed by atoms with Gasteiger partial charge in [-0.3, -0.25) is 9.69 Å². The van der Waals surface area contributed by atoms with Crippen molar-refractivity contribution >= 4 is 11.9 Å². The van der Waals surface area contributed by atoms with Gasteiger partial charge in [-0.1, -0.05) is 6.07 Å². The molecule has 11 nitrogen and oxygen atoms in total. The van der Waals surface area contributed by atoms with Gasteiger partial charge in [0.05, 0.1) is 22.8 Å². The minimum absolute atomic E-state index is 0.0558. The number of aliphatic hydroxyl groups is 1. The number of halogens is 1.